The second kappa shape index (κ2) is 6.62. The van der Waals surface area contributed by atoms with Crippen molar-refractivity contribution >= 4 is 0 Å². The minimum absolute atomic E-state index is 0.691. The molecule has 22 heavy (non-hydrogen) atoms. The van der Waals surface area contributed by atoms with E-state index in [1.54, 1.807) is 0 Å². The van der Waals surface area contributed by atoms with Crippen LogP contribution in [-0.4, -0.2) is 18.5 Å². The van der Waals surface area contributed by atoms with Crippen LogP contribution >= 0.6 is 0 Å². The number of hydrogen-bond acceptors (Lipinski definition) is 1. The first-order valence-corrected chi connectivity index (χ1v) is 8.16. The third-order valence-electron chi connectivity index (χ3n) is 4.46. The van der Waals surface area contributed by atoms with Crippen molar-refractivity contribution in [2.75, 3.05) is 13.6 Å². The molecule has 1 nitrogen and oxygen atoms in total. The number of rotatable bonds is 7. The molecule has 0 saturated heterocycles. The first kappa shape index (κ1) is 15.2. The highest BCUT2D eigenvalue weighted by atomic mass is 19.1. The van der Waals surface area contributed by atoms with Crippen LogP contribution in [0, 0.1) is 0 Å². The number of aryl methyl sites for hydroxylation is 1. The van der Waals surface area contributed by atoms with Crippen LogP contribution in [0.5, 0.6) is 0 Å². The summed E-state index contributed by atoms with van der Waals surface area (Å²) in [6, 6.07) is 18.7. The van der Waals surface area contributed by atoms with Crippen LogP contribution in [0.4, 0.5) is 4.39 Å². The topological polar surface area (TPSA) is 3.24 Å². The molecule has 0 aliphatic heterocycles. The summed E-state index contributed by atoms with van der Waals surface area (Å²) in [5.41, 5.74) is 2.51. The molecule has 0 N–H and O–H groups in total. The van der Waals surface area contributed by atoms with E-state index in [4.69, 9.17) is 0 Å². The lowest BCUT2D eigenvalue weighted by Gasteiger charge is -2.16. The molecule has 2 aromatic carbocycles. The molecule has 0 radical (unpaired) electrons. The SMILES string of the molecule is CN(CCCc1ccc(C2(F)CC2)cc1)Cc1ccccc1. The Morgan fingerprint density at radius 2 is 1.64 bits per heavy atom. The minimum atomic E-state index is -1.01. The fourth-order valence-corrected chi connectivity index (χ4v) is 2.90. The van der Waals surface area contributed by atoms with Crippen LogP contribution in [0.25, 0.3) is 0 Å². The van der Waals surface area contributed by atoms with Crippen molar-refractivity contribution < 1.29 is 4.39 Å². The van der Waals surface area contributed by atoms with Crippen molar-refractivity contribution in [2.45, 2.75) is 37.9 Å². The largest absolute Gasteiger partial charge is 0.302 e. The van der Waals surface area contributed by atoms with E-state index in [9.17, 15) is 4.39 Å². The molecule has 1 aliphatic rings. The molecule has 0 atom stereocenters. The molecule has 1 fully saturated rings. The molecule has 2 aromatic rings. The zero-order valence-electron chi connectivity index (χ0n) is 13.3. The highest BCUT2D eigenvalue weighted by Gasteiger charge is 2.44. The molecule has 0 amide bonds. The molecule has 0 spiro atoms. The van der Waals surface area contributed by atoms with Gasteiger partial charge in [-0.3, -0.25) is 0 Å². The monoisotopic (exact) mass is 297 g/mol. The van der Waals surface area contributed by atoms with Crippen molar-refractivity contribution in [3.63, 3.8) is 0 Å². The van der Waals surface area contributed by atoms with Gasteiger partial charge in [-0.25, -0.2) is 4.39 Å². The summed E-state index contributed by atoms with van der Waals surface area (Å²) in [7, 11) is 2.16. The first-order valence-electron chi connectivity index (χ1n) is 8.16. The van der Waals surface area contributed by atoms with Gasteiger partial charge in [0.25, 0.3) is 0 Å². The van der Waals surface area contributed by atoms with E-state index in [1.165, 1.54) is 11.1 Å². The van der Waals surface area contributed by atoms with Gasteiger partial charge in [0.2, 0.25) is 0 Å². The molecule has 1 saturated carbocycles. The summed E-state index contributed by atoms with van der Waals surface area (Å²) in [4.78, 5) is 2.35. The Bertz CT molecular complexity index is 587. The maximum absolute atomic E-state index is 13.9. The summed E-state index contributed by atoms with van der Waals surface area (Å²) in [5.74, 6) is 0. The number of nitrogens with zero attached hydrogens (tertiary/aromatic N) is 1. The van der Waals surface area contributed by atoms with E-state index in [1.807, 2.05) is 12.1 Å². The molecule has 0 unspecified atom stereocenters. The summed E-state index contributed by atoms with van der Waals surface area (Å²) in [5, 5.41) is 0. The molecule has 0 heterocycles. The van der Waals surface area contributed by atoms with E-state index < -0.39 is 5.67 Å². The second-order valence-corrected chi connectivity index (χ2v) is 6.49. The summed E-state index contributed by atoms with van der Waals surface area (Å²) >= 11 is 0. The second-order valence-electron chi connectivity index (χ2n) is 6.49. The van der Waals surface area contributed by atoms with Gasteiger partial charge in [0, 0.05) is 6.54 Å². The lowest BCUT2D eigenvalue weighted by Crippen LogP contribution is -2.19. The van der Waals surface area contributed by atoms with Crippen molar-refractivity contribution in [1.82, 2.24) is 4.90 Å². The average molecular weight is 297 g/mol. The smallest absolute Gasteiger partial charge is 0.136 e. The van der Waals surface area contributed by atoms with E-state index in [-0.39, 0.29) is 0 Å². The fourth-order valence-electron chi connectivity index (χ4n) is 2.90. The minimum Gasteiger partial charge on any atom is -0.302 e. The quantitative estimate of drug-likeness (QED) is 0.715. The van der Waals surface area contributed by atoms with Crippen LogP contribution in [-0.2, 0) is 18.6 Å². The highest BCUT2D eigenvalue weighted by Crippen LogP contribution is 2.49. The molecule has 0 bridgehead atoms. The molecule has 2 heteroatoms. The Kier molecular flexibility index (Phi) is 4.58. The Balaban J connectivity index is 1.42. The Morgan fingerprint density at radius 3 is 2.27 bits per heavy atom. The predicted molar refractivity (Wildman–Crippen MR) is 89.6 cm³/mol. The predicted octanol–water partition coefficient (Wildman–Crippen LogP) is 4.71. The van der Waals surface area contributed by atoms with Gasteiger partial charge >= 0.3 is 0 Å². The third-order valence-corrected chi connectivity index (χ3v) is 4.46. The summed E-state index contributed by atoms with van der Waals surface area (Å²) in [6.45, 7) is 2.06. The van der Waals surface area contributed by atoms with Gasteiger partial charge in [-0.2, -0.15) is 0 Å². The van der Waals surface area contributed by atoms with E-state index in [0.717, 1.165) is 31.5 Å². The summed E-state index contributed by atoms with van der Waals surface area (Å²) in [6.07, 6.45) is 3.56. The van der Waals surface area contributed by atoms with E-state index in [2.05, 4.69) is 54.4 Å². The van der Waals surface area contributed by atoms with Gasteiger partial charge in [-0.05, 0) is 56.0 Å². The molecule has 3 rings (SSSR count). The number of hydrogen-bond donors (Lipinski definition) is 0. The van der Waals surface area contributed by atoms with Gasteiger partial charge in [-0.1, -0.05) is 54.6 Å². The Labute approximate surface area is 132 Å². The van der Waals surface area contributed by atoms with E-state index in [0.29, 0.717) is 12.8 Å². The van der Waals surface area contributed by atoms with Crippen molar-refractivity contribution in [2.24, 2.45) is 0 Å². The summed E-state index contributed by atoms with van der Waals surface area (Å²) < 4.78 is 13.9. The molecule has 0 aromatic heterocycles. The molecule has 1 aliphatic carbocycles. The normalized spacial score (nSPS) is 16.0. The highest BCUT2D eigenvalue weighted by molar-refractivity contribution is 5.30. The molecular weight excluding hydrogens is 273 g/mol. The van der Waals surface area contributed by atoms with Crippen LogP contribution in [0.1, 0.15) is 36.0 Å². The number of halogens is 1. The Morgan fingerprint density at radius 1 is 0.955 bits per heavy atom. The maximum atomic E-state index is 13.9. The van der Waals surface area contributed by atoms with Gasteiger partial charge < -0.3 is 4.90 Å². The van der Waals surface area contributed by atoms with Crippen LogP contribution in [0.15, 0.2) is 54.6 Å². The van der Waals surface area contributed by atoms with Crippen molar-refractivity contribution in [3.05, 3.63) is 71.3 Å². The molecular formula is C20H24FN. The first-order chi connectivity index (χ1) is 10.7. The number of benzene rings is 2. The fraction of sp³-hybridized carbons (Fsp3) is 0.400. The van der Waals surface area contributed by atoms with Gasteiger partial charge in [-0.15, -0.1) is 0 Å². The number of alkyl halides is 1. The van der Waals surface area contributed by atoms with Crippen LogP contribution in [0.3, 0.4) is 0 Å². The zero-order valence-corrected chi connectivity index (χ0v) is 13.3. The van der Waals surface area contributed by atoms with E-state index >= 15 is 0 Å². The van der Waals surface area contributed by atoms with Crippen molar-refractivity contribution in [1.29, 1.82) is 0 Å². The third kappa shape index (κ3) is 3.95. The lowest BCUT2D eigenvalue weighted by atomic mass is 10.0. The van der Waals surface area contributed by atoms with Gasteiger partial charge in [0.15, 0.2) is 0 Å². The van der Waals surface area contributed by atoms with Gasteiger partial charge in [0.1, 0.15) is 5.67 Å². The standard InChI is InChI=1S/C20H24FN/c1-22(16-18-6-3-2-4-7-18)15-5-8-17-9-11-19(12-10-17)20(21)13-14-20/h2-4,6-7,9-12H,5,8,13-16H2,1H3. The lowest BCUT2D eigenvalue weighted by molar-refractivity contribution is 0.317. The van der Waals surface area contributed by atoms with Crippen molar-refractivity contribution in [3.8, 4) is 0 Å². The Hall–Kier alpha value is -1.67. The molecule has 116 valence electrons. The maximum Gasteiger partial charge on any atom is 0.136 e. The van der Waals surface area contributed by atoms with Crippen LogP contribution < -0.4 is 0 Å². The average Bonchev–Trinajstić information content (AvgIpc) is 3.28. The zero-order chi connectivity index (χ0) is 15.4. The van der Waals surface area contributed by atoms with Gasteiger partial charge in [0.05, 0.1) is 0 Å². The van der Waals surface area contributed by atoms with Crippen LogP contribution in [0.2, 0.25) is 0 Å².